The van der Waals surface area contributed by atoms with Crippen molar-refractivity contribution in [2.24, 2.45) is 0 Å². The Kier molecular flexibility index (Phi) is 4.12. The summed E-state index contributed by atoms with van der Waals surface area (Å²) in [7, 11) is 1.41. The predicted octanol–water partition coefficient (Wildman–Crippen LogP) is 4.11. The number of rotatable bonds is 4. The molecular weight excluding hydrogens is 319 g/mol. The monoisotopic (exact) mass is 332 g/mol. The summed E-state index contributed by atoms with van der Waals surface area (Å²) in [6.45, 7) is 1.81. The van der Waals surface area contributed by atoms with Gasteiger partial charge in [0, 0.05) is 10.9 Å². The summed E-state index contributed by atoms with van der Waals surface area (Å²) in [4.78, 5) is 17.5. The van der Waals surface area contributed by atoms with Gasteiger partial charge in [-0.3, -0.25) is 4.79 Å². The van der Waals surface area contributed by atoms with Crippen molar-refractivity contribution in [3.63, 3.8) is 0 Å². The second-order valence-corrected chi connectivity index (χ2v) is 5.90. The number of hydrogen-bond donors (Lipinski definition) is 1. The molecule has 1 amide bonds. The van der Waals surface area contributed by atoms with E-state index in [4.69, 9.17) is 9.15 Å². The summed E-state index contributed by atoms with van der Waals surface area (Å²) in [5, 5.41) is 3.32. The van der Waals surface area contributed by atoms with E-state index in [1.165, 1.54) is 36.6 Å². The first kappa shape index (κ1) is 15.2. The average molecular weight is 332 g/mol. The molecule has 0 aliphatic carbocycles. The molecule has 5 nitrogen and oxygen atoms in total. The van der Waals surface area contributed by atoms with Gasteiger partial charge in [0.05, 0.1) is 19.1 Å². The Morgan fingerprint density at radius 2 is 2.22 bits per heavy atom. The molecule has 2 aromatic heterocycles. The third-order valence-electron chi connectivity index (χ3n) is 3.16. The zero-order valence-corrected chi connectivity index (χ0v) is 13.2. The van der Waals surface area contributed by atoms with Crippen LogP contribution in [0.25, 0.3) is 10.8 Å². The quantitative estimate of drug-likeness (QED) is 0.781. The standard InChI is InChI=1S/C16H13FN2O3S/c1-9-14(19-16(23-9)12-4-3-7-22-12)15(20)18-11-6-5-10(17)8-13(11)21-2/h3-8H,1-2H3,(H,18,20). The molecule has 3 aromatic rings. The lowest BCUT2D eigenvalue weighted by molar-refractivity contribution is 0.102. The minimum atomic E-state index is -0.440. The number of ether oxygens (including phenoxy) is 1. The molecule has 2 heterocycles. The highest BCUT2D eigenvalue weighted by molar-refractivity contribution is 7.15. The molecule has 0 radical (unpaired) electrons. The van der Waals surface area contributed by atoms with Crippen molar-refractivity contribution in [1.82, 2.24) is 4.98 Å². The van der Waals surface area contributed by atoms with Crippen LogP contribution >= 0.6 is 11.3 Å². The third-order valence-corrected chi connectivity index (χ3v) is 4.14. The topological polar surface area (TPSA) is 64.4 Å². The Morgan fingerprint density at radius 1 is 1.39 bits per heavy atom. The van der Waals surface area contributed by atoms with Gasteiger partial charge in [0.2, 0.25) is 0 Å². The number of hydrogen-bond acceptors (Lipinski definition) is 5. The maximum absolute atomic E-state index is 13.2. The fourth-order valence-corrected chi connectivity index (χ4v) is 2.94. The van der Waals surface area contributed by atoms with Crippen LogP contribution in [0.3, 0.4) is 0 Å². The molecule has 1 aromatic carbocycles. The van der Waals surface area contributed by atoms with Crippen molar-refractivity contribution in [2.45, 2.75) is 6.92 Å². The molecular formula is C16H13FN2O3S. The number of anilines is 1. The van der Waals surface area contributed by atoms with Crippen LogP contribution in [0.15, 0.2) is 41.0 Å². The van der Waals surface area contributed by atoms with Gasteiger partial charge in [-0.15, -0.1) is 11.3 Å². The molecule has 0 spiro atoms. The third kappa shape index (κ3) is 3.09. The van der Waals surface area contributed by atoms with Crippen LogP contribution in [-0.4, -0.2) is 18.0 Å². The van der Waals surface area contributed by atoms with Gasteiger partial charge in [0.25, 0.3) is 5.91 Å². The number of thiazole rings is 1. The van der Waals surface area contributed by atoms with Crippen LogP contribution in [0.4, 0.5) is 10.1 Å². The van der Waals surface area contributed by atoms with E-state index < -0.39 is 5.82 Å². The van der Waals surface area contributed by atoms with E-state index in [9.17, 15) is 9.18 Å². The normalized spacial score (nSPS) is 10.6. The van der Waals surface area contributed by atoms with Gasteiger partial charge in [0.15, 0.2) is 10.8 Å². The van der Waals surface area contributed by atoms with E-state index in [-0.39, 0.29) is 11.7 Å². The molecule has 118 valence electrons. The highest BCUT2D eigenvalue weighted by atomic mass is 32.1. The van der Waals surface area contributed by atoms with Crippen molar-refractivity contribution in [2.75, 3.05) is 12.4 Å². The molecule has 0 unspecified atom stereocenters. The molecule has 0 saturated heterocycles. The maximum Gasteiger partial charge on any atom is 0.275 e. The lowest BCUT2D eigenvalue weighted by Crippen LogP contribution is -2.14. The molecule has 0 aliphatic heterocycles. The molecule has 1 N–H and O–H groups in total. The second-order valence-electron chi connectivity index (χ2n) is 4.70. The van der Waals surface area contributed by atoms with Crippen LogP contribution < -0.4 is 10.1 Å². The van der Waals surface area contributed by atoms with Crippen molar-refractivity contribution >= 4 is 22.9 Å². The first-order valence-electron chi connectivity index (χ1n) is 6.74. The predicted molar refractivity (Wildman–Crippen MR) is 85.5 cm³/mol. The number of aromatic nitrogens is 1. The number of halogens is 1. The van der Waals surface area contributed by atoms with Crippen molar-refractivity contribution < 1.29 is 18.3 Å². The zero-order chi connectivity index (χ0) is 16.4. The summed E-state index contributed by atoms with van der Waals surface area (Å²) < 4.78 is 23.6. The van der Waals surface area contributed by atoms with E-state index in [0.29, 0.717) is 22.1 Å². The summed E-state index contributed by atoms with van der Waals surface area (Å²) in [6, 6.07) is 7.44. The largest absolute Gasteiger partial charge is 0.494 e. The first-order chi connectivity index (χ1) is 11.1. The van der Waals surface area contributed by atoms with Crippen LogP contribution in [0.2, 0.25) is 0 Å². The number of amides is 1. The summed E-state index contributed by atoms with van der Waals surface area (Å²) in [6.07, 6.45) is 1.55. The van der Waals surface area contributed by atoms with Crippen LogP contribution in [0.1, 0.15) is 15.4 Å². The summed E-state index contributed by atoms with van der Waals surface area (Å²) in [5.74, 6) is 0.0280. The van der Waals surface area contributed by atoms with Gasteiger partial charge in [-0.2, -0.15) is 0 Å². The minimum absolute atomic E-state index is 0.248. The Hall–Kier alpha value is -2.67. The number of aryl methyl sites for hydroxylation is 1. The SMILES string of the molecule is COc1cc(F)ccc1NC(=O)c1nc(-c2ccco2)sc1C. The molecule has 23 heavy (non-hydrogen) atoms. The fourth-order valence-electron chi connectivity index (χ4n) is 2.06. The second kappa shape index (κ2) is 6.21. The van der Waals surface area contributed by atoms with Gasteiger partial charge >= 0.3 is 0 Å². The van der Waals surface area contributed by atoms with Crippen molar-refractivity contribution in [3.05, 3.63) is 53.0 Å². The number of carbonyl (C=O) groups excluding carboxylic acids is 1. The Labute approximate surface area is 135 Å². The lowest BCUT2D eigenvalue weighted by atomic mass is 10.2. The number of benzene rings is 1. The zero-order valence-electron chi connectivity index (χ0n) is 12.4. The van der Waals surface area contributed by atoms with Gasteiger partial charge < -0.3 is 14.5 Å². The van der Waals surface area contributed by atoms with E-state index >= 15 is 0 Å². The maximum atomic E-state index is 13.2. The van der Waals surface area contributed by atoms with Crippen LogP contribution in [0.5, 0.6) is 5.75 Å². The number of furan rings is 1. The van der Waals surface area contributed by atoms with Gasteiger partial charge in [0.1, 0.15) is 17.3 Å². The van der Waals surface area contributed by atoms with Crippen molar-refractivity contribution in [3.8, 4) is 16.5 Å². The van der Waals surface area contributed by atoms with Gasteiger partial charge in [-0.25, -0.2) is 9.37 Å². The minimum Gasteiger partial charge on any atom is -0.494 e. The van der Waals surface area contributed by atoms with E-state index in [2.05, 4.69) is 10.3 Å². The molecule has 0 fully saturated rings. The highest BCUT2D eigenvalue weighted by Gasteiger charge is 2.19. The van der Waals surface area contributed by atoms with E-state index in [1.807, 2.05) is 0 Å². The van der Waals surface area contributed by atoms with Crippen LogP contribution in [0, 0.1) is 12.7 Å². The van der Waals surface area contributed by atoms with E-state index in [1.54, 1.807) is 25.3 Å². The summed E-state index contributed by atoms with van der Waals surface area (Å²) in [5.41, 5.74) is 0.679. The Bertz CT molecular complexity index is 843. The van der Waals surface area contributed by atoms with E-state index in [0.717, 1.165) is 4.88 Å². The number of nitrogens with one attached hydrogen (secondary N) is 1. The molecule has 0 bridgehead atoms. The van der Waals surface area contributed by atoms with Gasteiger partial charge in [-0.1, -0.05) is 0 Å². The number of methoxy groups -OCH3 is 1. The van der Waals surface area contributed by atoms with Gasteiger partial charge in [-0.05, 0) is 31.2 Å². The lowest BCUT2D eigenvalue weighted by Gasteiger charge is -2.09. The molecule has 0 saturated carbocycles. The Morgan fingerprint density at radius 3 is 2.91 bits per heavy atom. The number of nitrogens with zero attached hydrogens (tertiary/aromatic N) is 1. The number of carbonyl (C=O) groups is 1. The molecule has 0 aliphatic rings. The smallest absolute Gasteiger partial charge is 0.275 e. The molecule has 3 rings (SSSR count). The Balaban J connectivity index is 1.87. The average Bonchev–Trinajstić information content (AvgIpc) is 3.18. The highest BCUT2D eigenvalue weighted by Crippen LogP contribution is 2.30. The fraction of sp³-hybridized carbons (Fsp3) is 0.125. The summed E-state index contributed by atoms with van der Waals surface area (Å²) >= 11 is 1.37. The molecule has 0 atom stereocenters. The molecule has 7 heteroatoms. The first-order valence-corrected chi connectivity index (χ1v) is 7.56. The van der Waals surface area contributed by atoms with Crippen LogP contribution in [-0.2, 0) is 0 Å². The van der Waals surface area contributed by atoms with Crippen molar-refractivity contribution in [1.29, 1.82) is 0 Å².